The van der Waals surface area contributed by atoms with Crippen LogP contribution in [0, 0.1) is 0 Å². The summed E-state index contributed by atoms with van der Waals surface area (Å²) < 4.78 is 5.47. The number of carbonyl (C=O) groups excluding carboxylic acids is 4. The van der Waals surface area contributed by atoms with Crippen molar-refractivity contribution in [3.05, 3.63) is 34.9 Å². The number of amides is 4. The second-order valence-electron chi connectivity index (χ2n) is 7.75. The fraction of sp³-hybridized carbons (Fsp3) is 0.500. The molecule has 0 bridgehead atoms. The van der Waals surface area contributed by atoms with Crippen LogP contribution < -0.4 is 10.6 Å². The molecule has 0 spiro atoms. The van der Waals surface area contributed by atoms with Gasteiger partial charge in [-0.25, -0.2) is 0 Å². The molecule has 0 radical (unpaired) electrons. The van der Waals surface area contributed by atoms with Crippen LogP contribution in [-0.4, -0.2) is 78.9 Å². The quantitative estimate of drug-likeness (QED) is 0.642. The van der Waals surface area contributed by atoms with E-state index in [1.54, 1.807) is 12.1 Å². The first-order chi connectivity index (χ1) is 13.9. The smallest absolute Gasteiger partial charge is 0.262 e. The first-order valence-electron chi connectivity index (χ1n) is 9.78. The fourth-order valence-corrected chi connectivity index (χ4v) is 4.11. The molecule has 4 rings (SSSR count). The maximum Gasteiger partial charge on any atom is 0.262 e. The second-order valence-corrected chi connectivity index (χ2v) is 7.75. The SMILES string of the molecule is CN(Cc1ccc2c(c1)C(=O)N(C1CCC(=O)NC1=O)C2=O)CC1COCCN1. The standard InChI is InChI=1S/C20H24N4O5/c1-23(10-13-11-29-7-6-21-13)9-12-2-3-14-15(8-12)20(28)24(19(14)27)16-4-5-17(25)22-18(16)26/h2-3,8,13,16,21H,4-7,9-11H2,1H3,(H,22,25,26). The van der Waals surface area contributed by atoms with Gasteiger partial charge in [-0.15, -0.1) is 0 Å². The average molecular weight is 400 g/mol. The largest absolute Gasteiger partial charge is 0.378 e. The molecule has 4 amide bonds. The third-order valence-corrected chi connectivity index (χ3v) is 5.49. The van der Waals surface area contributed by atoms with E-state index in [0.717, 1.165) is 30.2 Å². The summed E-state index contributed by atoms with van der Waals surface area (Å²) in [7, 11) is 1.99. The van der Waals surface area contributed by atoms with Crippen LogP contribution in [0.2, 0.25) is 0 Å². The highest BCUT2D eigenvalue weighted by molar-refractivity contribution is 6.23. The zero-order valence-corrected chi connectivity index (χ0v) is 16.3. The van der Waals surface area contributed by atoms with Crippen LogP contribution in [0.25, 0.3) is 0 Å². The van der Waals surface area contributed by atoms with E-state index >= 15 is 0 Å². The highest BCUT2D eigenvalue weighted by Crippen LogP contribution is 2.28. The lowest BCUT2D eigenvalue weighted by atomic mass is 10.0. The predicted octanol–water partition coefficient (Wildman–Crippen LogP) is -0.492. The zero-order valence-electron chi connectivity index (χ0n) is 16.3. The second kappa shape index (κ2) is 8.02. The van der Waals surface area contributed by atoms with Crippen LogP contribution in [-0.2, 0) is 20.9 Å². The minimum atomic E-state index is -0.941. The average Bonchev–Trinajstić information content (AvgIpc) is 2.93. The van der Waals surface area contributed by atoms with Crippen molar-refractivity contribution in [2.45, 2.75) is 31.5 Å². The van der Waals surface area contributed by atoms with Gasteiger partial charge in [-0.3, -0.25) is 29.4 Å². The van der Waals surface area contributed by atoms with Gasteiger partial charge in [-0.05, 0) is 31.2 Å². The Morgan fingerprint density at radius 3 is 2.69 bits per heavy atom. The van der Waals surface area contributed by atoms with Gasteiger partial charge in [0.15, 0.2) is 0 Å². The van der Waals surface area contributed by atoms with Crippen LogP contribution in [0.5, 0.6) is 0 Å². The first-order valence-corrected chi connectivity index (χ1v) is 9.78. The summed E-state index contributed by atoms with van der Waals surface area (Å²) in [5.41, 5.74) is 1.52. The highest BCUT2D eigenvalue weighted by Gasteiger charge is 2.44. The molecule has 2 N–H and O–H groups in total. The number of rotatable bonds is 5. The van der Waals surface area contributed by atoms with Gasteiger partial charge in [-0.2, -0.15) is 0 Å². The summed E-state index contributed by atoms with van der Waals surface area (Å²) >= 11 is 0. The number of carbonyl (C=O) groups is 4. The molecule has 3 aliphatic heterocycles. The molecule has 1 aromatic carbocycles. The van der Waals surface area contributed by atoms with Gasteiger partial charge in [0.25, 0.3) is 11.8 Å². The van der Waals surface area contributed by atoms with Gasteiger partial charge in [0.05, 0.1) is 24.3 Å². The Morgan fingerprint density at radius 1 is 1.17 bits per heavy atom. The summed E-state index contributed by atoms with van der Waals surface area (Å²) in [6.07, 6.45) is 0.265. The molecule has 2 fully saturated rings. The van der Waals surface area contributed by atoms with Gasteiger partial charge in [0.1, 0.15) is 6.04 Å². The van der Waals surface area contributed by atoms with Gasteiger partial charge in [0.2, 0.25) is 11.8 Å². The summed E-state index contributed by atoms with van der Waals surface area (Å²) in [6.45, 7) is 3.65. The molecule has 0 saturated carbocycles. The molecular formula is C20H24N4O5. The van der Waals surface area contributed by atoms with Crippen molar-refractivity contribution < 1.29 is 23.9 Å². The van der Waals surface area contributed by atoms with Crippen molar-refractivity contribution in [1.29, 1.82) is 0 Å². The van der Waals surface area contributed by atoms with Crippen molar-refractivity contribution in [2.24, 2.45) is 0 Å². The Labute approximate surface area is 168 Å². The van der Waals surface area contributed by atoms with Crippen molar-refractivity contribution >= 4 is 23.6 Å². The number of benzene rings is 1. The van der Waals surface area contributed by atoms with Gasteiger partial charge in [0, 0.05) is 32.1 Å². The number of ether oxygens (including phenoxy) is 1. The van der Waals surface area contributed by atoms with Crippen LogP contribution in [0.1, 0.15) is 39.1 Å². The minimum Gasteiger partial charge on any atom is -0.378 e. The van der Waals surface area contributed by atoms with Crippen molar-refractivity contribution in [3.8, 4) is 0 Å². The molecule has 29 heavy (non-hydrogen) atoms. The maximum atomic E-state index is 12.9. The number of likely N-dealkylation sites (N-methyl/N-ethyl adjacent to an activating group) is 1. The monoisotopic (exact) mass is 400 g/mol. The third-order valence-electron chi connectivity index (χ3n) is 5.49. The number of piperidine rings is 1. The van der Waals surface area contributed by atoms with E-state index in [0.29, 0.717) is 24.3 Å². The molecule has 154 valence electrons. The lowest BCUT2D eigenvalue weighted by Gasteiger charge is -2.28. The normalized spacial score (nSPS) is 24.8. The van der Waals surface area contributed by atoms with E-state index in [9.17, 15) is 19.2 Å². The molecule has 1 aromatic rings. The van der Waals surface area contributed by atoms with Gasteiger partial charge in [-0.1, -0.05) is 6.07 Å². The topological polar surface area (TPSA) is 108 Å². The molecule has 2 unspecified atom stereocenters. The zero-order chi connectivity index (χ0) is 20.5. The summed E-state index contributed by atoms with van der Waals surface area (Å²) in [6, 6.07) is 4.52. The molecule has 2 saturated heterocycles. The molecule has 0 aromatic heterocycles. The van der Waals surface area contributed by atoms with Crippen molar-refractivity contribution in [2.75, 3.05) is 33.4 Å². The van der Waals surface area contributed by atoms with Gasteiger partial charge < -0.3 is 15.0 Å². The number of nitrogens with one attached hydrogen (secondary N) is 2. The van der Waals surface area contributed by atoms with E-state index in [-0.39, 0.29) is 24.8 Å². The van der Waals surface area contributed by atoms with Gasteiger partial charge >= 0.3 is 0 Å². The summed E-state index contributed by atoms with van der Waals surface area (Å²) in [5, 5.41) is 5.61. The van der Waals surface area contributed by atoms with Crippen LogP contribution in [0.15, 0.2) is 18.2 Å². The predicted molar refractivity (Wildman–Crippen MR) is 102 cm³/mol. The number of nitrogens with zero attached hydrogens (tertiary/aromatic N) is 2. The molecule has 9 nitrogen and oxygen atoms in total. The molecular weight excluding hydrogens is 376 g/mol. The minimum absolute atomic E-state index is 0.110. The number of imide groups is 2. The molecule has 9 heteroatoms. The fourth-order valence-electron chi connectivity index (χ4n) is 4.11. The molecule has 3 heterocycles. The van der Waals surface area contributed by atoms with E-state index < -0.39 is 23.8 Å². The number of hydrogen-bond acceptors (Lipinski definition) is 7. The Bertz CT molecular complexity index is 864. The molecule has 0 aliphatic carbocycles. The van der Waals surface area contributed by atoms with Crippen LogP contribution in [0.3, 0.4) is 0 Å². The highest BCUT2D eigenvalue weighted by atomic mass is 16.5. The third kappa shape index (κ3) is 3.93. The van der Waals surface area contributed by atoms with E-state index in [4.69, 9.17) is 4.74 Å². The van der Waals surface area contributed by atoms with Crippen LogP contribution in [0.4, 0.5) is 0 Å². The number of morpholine rings is 1. The maximum absolute atomic E-state index is 12.9. The van der Waals surface area contributed by atoms with Crippen molar-refractivity contribution in [1.82, 2.24) is 20.4 Å². The molecule has 3 aliphatic rings. The Hall–Kier alpha value is -2.62. The number of fused-ring (bicyclic) bond motifs is 1. The molecule has 2 atom stereocenters. The Balaban J connectivity index is 1.46. The van der Waals surface area contributed by atoms with Crippen LogP contribution >= 0.6 is 0 Å². The summed E-state index contributed by atoms with van der Waals surface area (Å²) in [4.78, 5) is 52.2. The lowest BCUT2D eigenvalue weighted by Crippen LogP contribution is -2.54. The Morgan fingerprint density at radius 2 is 1.97 bits per heavy atom. The summed E-state index contributed by atoms with van der Waals surface area (Å²) in [5.74, 6) is -1.95. The van der Waals surface area contributed by atoms with E-state index in [2.05, 4.69) is 15.5 Å². The van der Waals surface area contributed by atoms with E-state index in [1.807, 2.05) is 13.1 Å². The lowest BCUT2D eigenvalue weighted by molar-refractivity contribution is -0.136. The first kappa shape index (κ1) is 19.7. The van der Waals surface area contributed by atoms with E-state index in [1.165, 1.54) is 0 Å². The van der Waals surface area contributed by atoms with Crippen molar-refractivity contribution in [3.63, 3.8) is 0 Å². The Kier molecular flexibility index (Phi) is 5.44. The number of hydrogen-bond donors (Lipinski definition) is 2.